The van der Waals surface area contributed by atoms with Crippen molar-refractivity contribution in [3.05, 3.63) is 69.1 Å². The molecule has 0 aliphatic carbocycles. The average Bonchev–Trinajstić information content (AvgIpc) is 2.85. The van der Waals surface area contributed by atoms with Gasteiger partial charge in [0, 0.05) is 61.5 Å². The van der Waals surface area contributed by atoms with Crippen LogP contribution in [-0.2, 0) is 11.0 Å². The Morgan fingerprint density at radius 2 is 1.86 bits per heavy atom. The highest BCUT2D eigenvalue weighted by Crippen LogP contribution is 2.32. The van der Waals surface area contributed by atoms with E-state index in [0.29, 0.717) is 26.2 Å². The van der Waals surface area contributed by atoms with Gasteiger partial charge < -0.3 is 15.4 Å². The van der Waals surface area contributed by atoms with Gasteiger partial charge in [-0.05, 0) is 12.1 Å². The summed E-state index contributed by atoms with van der Waals surface area (Å²) >= 11 is 12.1. The molecule has 1 aliphatic heterocycles. The summed E-state index contributed by atoms with van der Waals surface area (Å²) in [6.07, 6.45) is 2.84. The Morgan fingerprint density at radius 3 is 2.49 bits per heavy atom. The van der Waals surface area contributed by atoms with Crippen LogP contribution in [0.4, 0.5) is 20.3 Å². The predicted molar refractivity (Wildman–Crippen MR) is 138 cm³/mol. The maximum absolute atomic E-state index is 15.0. The number of aromatic nitrogens is 3. The SMILES string of the molecule is CS(=O)N1CCN(c2ncc(C(=N)c3cc(O[C@H](N)c4c(Cl)cnnc4Cl)c(F)cc3N)cc2F)CC1. The number of halogens is 4. The molecule has 1 aromatic carbocycles. The normalized spacial score (nSPS) is 15.9. The van der Waals surface area contributed by atoms with E-state index in [2.05, 4.69) is 15.2 Å². The predicted octanol–water partition coefficient (Wildman–Crippen LogP) is 2.91. The maximum Gasteiger partial charge on any atom is 0.178 e. The first-order valence-corrected chi connectivity index (χ1v) is 13.1. The van der Waals surface area contributed by atoms with Crippen LogP contribution >= 0.6 is 23.2 Å². The molecule has 1 aliphatic rings. The topological polar surface area (TPSA) is 147 Å². The third-order valence-corrected chi connectivity index (χ3v) is 7.39. The third kappa shape index (κ3) is 5.80. The number of nitrogen functional groups attached to an aromatic ring is 1. The molecular weight excluding hydrogens is 549 g/mol. The molecule has 2 aromatic heterocycles. The van der Waals surface area contributed by atoms with Gasteiger partial charge in [0.05, 0.1) is 33.5 Å². The summed E-state index contributed by atoms with van der Waals surface area (Å²) in [5.74, 6) is -1.69. The van der Waals surface area contributed by atoms with E-state index >= 15 is 4.39 Å². The van der Waals surface area contributed by atoms with Crippen LogP contribution in [0.5, 0.6) is 5.75 Å². The Bertz CT molecular complexity index is 1350. The number of nitrogens with one attached hydrogen (secondary N) is 1. The molecule has 1 saturated heterocycles. The summed E-state index contributed by atoms with van der Waals surface area (Å²) < 4.78 is 48.6. The van der Waals surface area contributed by atoms with Crippen molar-refractivity contribution in [2.45, 2.75) is 6.23 Å². The van der Waals surface area contributed by atoms with E-state index in [9.17, 15) is 8.60 Å². The molecule has 0 bridgehead atoms. The van der Waals surface area contributed by atoms with Gasteiger partial charge in [-0.25, -0.2) is 22.3 Å². The summed E-state index contributed by atoms with van der Waals surface area (Å²) in [7, 11) is -1.09. The van der Waals surface area contributed by atoms with Crippen LogP contribution in [0.1, 0.15) is 22.9 Å². The second-order valence-corrected chi connectivity index (χ2v) is 10.2. The molecule has 3 aromatic rings. The van der Waals surface area contributed by atoms with Crippen molar-refractivity contribution in [1.29, 1.82) is 5.41 Å². The number of nitrogens with zero attached hydrogens (tertiary/aromatic N) is 5. The number of rotatable bonds is 7. The Hall–Kier alpha value is -2.97. The summed E-state index contributed by atoms with van der Waals surface area (Å²) in [5.41, 5.74) is 12.0. The molecule has 10 nitrogen and oxygen atoms in total. The number of hydrogen-bond donors (Lipinski definition) is 3. The van der Waals surface area contributed by atoms with Gasteiger partial charge in [0.2, 0.25) is 0 Å². The summed E-state index contributed by atoms with van der Waals surface area (Å²) in [5, 5.41) is 15.8. The highest BCUT2D eigenvalue weighted by atomic mass is 35.5. The van der Waals surface area contributed by atoms with Crippen LogP contribution in [0.2, 0.25) is 10.2 Å². The lowest BCUT2D eigenvalue weighted by Crippen LogP contribution is -2.47. The number of pyridine rings is 1. The van der Waals surface area contributed by atoms with E-state index in [1.165, 1.54) is 18.5 Å². The van der Waals surface area contributed by atoms with E-state index < -0.39 is 28.8 Å². The lowest BCUT2D eigenvalue weighted by molar-refractivity contribution is 0.204. The molecular formula is C22H22Cl2F2N8O2S. The molecule has 5 N–H and O–H groups in total. The molecule has 0 saturated carbocycles. The zero-order valence-corrected chi connectivity index (χ0v) is 21.7. The summed E-state index contributed by atoms with van der Waals surface area (Å²) in [6, 6.07) is 3.31. The van der Waals surface area contributed by atoms with Crippen molar-refractivity contribution in [2.75, 3.05) is 43.1 Å². The quantitative estimate of drug-likeness (QED) is 0.223. The third-order valence-electron chi connectivity index (χ3n) is 5.72. The monoisotopic (exact) mass is 570 g/mol. The first kappa shape index (κ1) is 27.1. The highest BCUT2D eigenvalue weighted by molar-refractivity contribution is 7.81. The van der Waals surface area contributed by atoms with Gasteiger partial charge in [0.15, 0.2) is 34.6 Å². The Balaban J connectivity index is 1.57. The zero-order chi connectivity index (χ0) is 26.9. The highest BCUT2D eigenvalue weighted by Gasteiger charge is 2.24. The lowest BCUT2D eigenvalue weighted by atomic mass is 10.0. The fourth-order valence-electron chi connectivity index (χ4n) is 3.79. The number of benzene rings is 1. The molecule has 0 amide bonds. The zero-order valence-electron chi connectivity index (χ0n) is 19.4. The number of piperazine rings is 1. The molecule has 15 heteroatoms. The largest absolute Gasteiger partial charge is 0.468 e. The molecule has 0 spiro atoms. The number of hydrogen-bond acceptors (Lipinski definition) is 9. The molecule has 2 atom stereocenters. The molecule has 196 valence electrons. The second kappa shape index (κ2) is 11.2. The van der Waals surface area contributed by atoms with Crippen LogP contribution in [-0.4, -0.2) is 61.8 Å². The fourth-order valence-corrected chi connectivity index (χ4v) is 5.01. The van der Waals surface area contributed by atoms with Crippen LogP contribution in [0.3, 0.4) is 0 Å². The fraction of sp³-hybridized carbons (Fsp3) is 0.273. The van der Waals surface area contributed by atoms with Crippen LogP contribution < -0.4 is 21.1 Å². The first-order chi connectivity index (χ1) is 17.6. The summed E-state index contributed by atoms with van der Waals surface area (Å²) in [4.78, 5) is 5.95. The molecule has 1 unspecified atom stereocenters. The Labute approximate surface area is 223 Å². The van der Waals surface area contributed by atoms with E-state index in [0.717, 1.165) is 12.1 Å². The van der Waals surface area contributed by atoms with Crippen LogP contribution in [0.15, 0.2) is 30.6 Å². The van der Waals surface area contributed by atoms with Crippen molar-refractivity contribution < 1.29 is 17.7 Å². The number of anilines is 2. The summed E-state index contributed by atoms with van der Waals surface area (Å²) in [6.45, 7) is 1.91. The molecule has 1 fully saturated rings. The van der Waals surface area contributed by atoms with E-state index in [1.807, 2.05) is 0 Å². The number of ether oxygens (including phenoxy) is 1. The minimum atomic E-state index is -1.31. The molecule has 3 heterocycles. The van der Waals surface area contributed by atoms with Gasteiger partial charge in [-0.2, -0.15) is 5.10 Å². The van der Waals surface area contributed by atoms with E-state index in [1.54, 1.807) is 15.5 Å². The average molecular weight is 571 g/mol. The van der Waals surface area contributed by atoms with Crippen molar-refractivity contribution >= 4 is 51.4 Å². The minimum Gasteiger partial charge on any atom is -0.468 e. The van der Waals surface area contributed by atoms with Gasteiger partial charge in [-0.15, -0.1) is 5.10 Å². The molecule has 4 rings (SSSR count). The smallest absolute Gasteiger partial charge is 0.178 e. The van der Waals surface area contributed by atoms with Crippen molar-refractivity contribution in [3.8, 4) is 5.75 Å². The molecule has 0 radical (unpaired) electrons. The van der Waals surface area contributed by atoms with Crippen molar-refractivity contribution in [2.24, 2.45) is 5.73 Å². The Morgan fingerprint density at radius 1 is 1.16 bits per heavy atom. The van der Waals surface area contributed by atoms with Gasteiger partial charge in [-0.3, -0.25) is 11.1 Å². The van der Waals surface area contributed by atoms with E-state index in [4.69, 9.17) is 44.8 Å². The van der Waals surface area contributed by atoms with Crippen LogP contribution in [0, 0.1) is 17.0 Å². The Kier molecular flexibility index (Phi) is 8.19. The van der Waals surface area contributed by atoms with E-state index in [-0.39, 0.29) is 49.8 Å². The minimum absolute atomic E-state index is 0.0710. The lowest BCUT2D eigenvalue weighted by Gasteiger charge is -2.33. The number of nitrogens with two attached hydrogens (primary N) is 2. The first-order valence-electron chi connectivity index (χ1n) is 10.8. The van der Waals surface area contributed by atoms with Gasteiger partial charge in [0.25, 0.3) is 0 Å². The van der Waals surface area contributed by atoms with Gasteiger partial charge in [0.1, 0.15) is 0 Å². The van der Waals surface area contributed by atoms with Crippen molar-refractivity contribution in [3.63, 3.8) is 0 Å². The van der Waals surface area contributed by atoms with Crippen molar-refractivity contribution in [1.82, 2.24) is 19.5 Å². The second-order valence-electron chi connectivity index (χ2n) is 8.05. The molecule has 37 heavy (non-hydrogen) atoms. The maximum atomic E-state index is 15.0. The van der Waals surface area contributed by atoms with Crippen LogP contribution in [0.25, 0.3) is 0 Å². The van der Waals surface area contributed by atoms with Gasteiger partial charge in [-0.1, -0.05) is 23.2 Å². The van der Waals surface area contributed by atoms with Gasteiger partial charge >= 0.3 is 0 Å². The standard InChI is InChI=1S/C22H22Cl2F2N8O2S/c1-37(35)34-4-2-33(3-5-34)22-15(26)6-11(9-30-22)19(28)12-7-17(14(25)8-16(12)27)36-21(29)18-13(23)10-31-32-20(18)24/h6-10,21,28H,2-5,27,29H2,1H3/t21-,37?/m0/s1.